The molecule has 2 aromatic carbocycles. The maximum Gasteiger partial charge on any atom is 0.119 e. The Bertz CT molecular complexity index is 680. The van der Waals surface area contributed by atoms with Gasteiger partial charge in [-0.3, -0.25) is 0 Å². The lowest BCUT2D eigenvalue weighted by Crippen LogP contribution is -2.29. The number of nitrogens with one attached hydrogen (secondary N) is 1. The van der Waals surface area contributed by atoms with Gasteiger partial charge in [-0.05, 0) is 85.0 Å². The van der Waals surface area contributed by atoms with Crippen LogP contribution in [-0.4, -0.2) is 20.7 Å². The van der Waals surface area contributed by atoms with Crippen LogP contribution in [0.5, 0.6) is 5.75 Å². The van der Waals surface area contributed by atoms with Gasteiger partial charge in [0.15, 0.2) is 0 Å². The summed E-state index contributed by atoms with van der Waals surface area (Å²) in [6.45, 7) is 1.16. The van der Waals surface area contributed by atoms with Gasteiger partial charge in [0.25, 0.3) is 0 Å². The Kier molecular flexibility index (Phi) is 3.57. The summed E-state index contributed by atoms with van der Waals surface area (Å²) in [6.07, 6.45) is 4.31. The Morgan fingerprint density at radius 3 is 2.64 bits per heavy atom. The van der Waals surface area contributed by atoms with Gasteiger partial charge in [-0.25, -0.2) is 0 Å². The van der Waals surface area contributed by atoms with Gasteiger partial charge in [-0.1, -0.05) is 24.3 Å². The van der Waals surface area contributed by atoms with Gasteiger partial charge in [0.05, 0.1) is 7.11 Å². The number of benzene rings is 2. The van der Waals surface area contributed by atoms with E-state index in [2.05, 4.69) is 48.8 Å². The molecule has 0 heterocycles. The summed E-state index contributed by atoms with van der Waals surface area (Å²) in [6, 6.07) is 13.4. The van der Waals surface area contributed by atoms with E-state index in [1.165, 1.54) is 30.0 Å². The predicted octanol–water partition coefficient (Wildman–Crippen LogP) is 4.20. The number of ether oxygens (including phenoxy) is 1. The molecule has 2 bridgehead atoms. The van der Waals surface area contributed by atoms with Gasteiger partial charge in [0.1, 0.15) is 5.75 Å². The van der Waals surface area contributed by atoms with E-state index in [9.17, 15) is 0 Å². The molecule has 2 aliphatic rings. The summed E-state index contributed by atoms with van der Waals surface area (Å²) in [5.41, 5.74) is 1.55. The average molecular weight is 295 g/mol. The van der Waals surface area contributed by atoms with Crippen LogP contribution in [0.2, 0.25) is 0 Å². The van der Waals surface area contributed by atoms with Crippen LogP contribution in [0, 0.1) is 17.8 Å². The molecule has 2 nitrogen and oxygen atoms in total. The summed E-state index contributed by atoms with van der Waals surface area (Å²) >= 11 is 0. The van der Waals surface area contributed by atoms with Crippen LogP contribution in [0.25, 0.3) is 10.8 Å². The SMILES string of the molecule is CNC[C@H]1C2CCC(C2)[C@@H]1c1ccc2cc(OC)ccc2c1. The maximum absolute atomic E-state index is 5.33. The molecule has 0 radical (unpaired) electrons. The Labute approximate surface area is 132 Å². The van der Waals surface area contributed by atoms with Crippen molar-refractivity contribution in [3.63, 3.8) is 0 Å². The van der Waals surface area contributed by atoms with Crippen LogP contribution >= 0.6 is 0 Å². The average Bonchev–Trinajstić information content (AvgIpc) is 3.15. The highest BCUT2D eigenvalue weighted by Crippen LogP contribution is 2.56. The van der Waals surface area contributed by atoms with Crippen LogP contribution in [0.3, 0.4) is 0 Å². The predicted molar refractivity (Wildman–Crippen MR) is 91.5 cm³/mol. The third-order valence-electron chi connectivity index (χ3n) is 5.98. The molecule has 2 heteroatoms. The van der Waals surface area contributed by atoms with Gasteiger partial charge in [0, 0.05) is 0 Å². The van der Waals surface area contributed by atoms with Gasteiger partial charge in [-0.2, -0.15) is 0 Å². The minimum absolute atomic E-state index is 0.748. The van der Waals surface area contributed by atoms with E-state index < -0.39 is 0 Å². The van der Waals surface area contributed by atoms with E-state index in [-0.39, 0.29) is 0 Å². The lowest BCUT2D eigenvalue weighted by atomic mass is 9.75. The summed E-state index contributed by atoms with van der Waals surface area (Å²) < 4.78 is 5.33. The molecule has 4 atom stereocenters. The van der Waals surface area contributed by atoms with Crippen molar-refractivity contribution in [2.75, 3.05) is 20.7 Å². The monoisotopic (exact) mass is 295 g/mol. The number of hydrogen-bond acceptors (Lipinski definition) is 2. The van der Waals surface area contributed by atoms with Crippen molar-refractivity contribution < 1.29 is 4.74 Å². The van der Waals surface area contributed by atoms with E-state index >= 15 is 0 Å². The molecule has 1 N–H and O–H groups in total. The molecule has 22 heavy (non-hydrogen) atoms. The summed E-state index contributed by atoms with van der Waals surface area (Å²) in [4.78, 5) is 0. The van der Waals surface area contributed by atoms with Crippen LogP contribution < -0.4 is 10.1 Å². The molecule has 4 rings (SSSR count). The van der Waals surface area contributed by atoms with Gasteiger partial charge < -0.3 is 10.1 Å². The molecular weight excluding hydrogens is 270 g/mol. The van der Waals surface area contributed by atoms with Crippen molar-refractivity contribution >= 4 is 10.8 Å². The molecule has 0 saturated heterocycles. The molecule has 0 aliphatic heterocycles. The van der Waals surface area contributed by atoms with Crippen molar-refractivity contribution in [2.45, 2.75) is 25.2 Å². The molecular formula is C20H25NO. The normalized spacial score (nSPS) is 30.1. The van der Waals surface area contributed by atoms with E-state index in [1.54, 1.807) is 12.7 Å². The second-order valence-electron chi connectivity index (χ2n) is 7.05. The first-order valence-corrected chi connectivity index (χ1v) is 8.52. The topological polar surface area (TPSA) is 21.3 Å². The van der Waals surface area contributed by atoms with Crippen molar-refractivity contribution in [1.82, 2.24) is 5.32 Å². The Balaban J connectivity index is 1.71. The summed E-state index contributed by atoms with van der Waals surface area (Å²) in [5, 5.41) is 6.04. The highest BCUT2D eigenvalue weighted by Gasteiger charge is 2.47. The standard InChI is InChI=1S/C20H25NO/c1-21-12-19-15-4-6-17(10-15)20(19)16-5-3-14-11-18(22-2)8-7-13(14)9-16/h3,5,7-9,11,15,17,19-21H,4,6,10,12H2,1-2H3/t15?,17?,19-,20-/m0/s1. The van der Waals surface area contributed by atoms with E-state index in [4.69, 9.17) is 4.74 Å². The largest absolute Gasteiger partial charge is 0.497 e. The molecule has 2 unspecified atom stereocenters. The minimum atomic E-state index is 0.748. The quantitative estimate of drug-likeness (QED) is 0.913. The van der Waals surface area contributed by atoms with E-state index in [0.717, 1.165) is 36.0 Å². The Morgan fingerprint density at radius 1 is 1.05 bits per heavy atom. The molecule has 2 aliphatic carbocycles. The zero-order valence-electron chi connectivity index (χ0n) is 13.5. The zero-order valence-corrected chi connectivity index (χ0v) is 13.5. The Hall–Kier alpha value is -1.54. The van der Waals surface area contributed by atoms with Crippen molar-refractivity contribution in [3.05, 3.63) is 42.0 Å². The maximum atomic E-state index is 5.33. The third kappa shape index (κ3) is 2.21. The number of fused-ring (bicyclic) bond motifs is 3. The lowest BCUT2D eigenvalue weighted by molar-refractivity contribution is 0.282. The first-order chi connectivity index (χ1) is 10.8. The lowest BCUT2D eigenvalue weighted by Gasteiger charge is -2.31. The molecule has 116 valence electrons. The molecule has 0 aromatic heterocycles. The summed E-state index contributed by atoms with van der Waals surface area (Å²) in [5.74, 6) is 4.35. The van der Waals surface area contributed by atoms with Crippen LogP contribution in [-0.2, 0) is 0 Å². The zero-order chi connectivity index (χ0) is 15.1. The highest BCUT2D eigenvalue weighted by atomic mass is 16.5. The van der Waals surface area contributed by atoms with E-state index in [1.807, 2.05) is 0 Å². The van der Waals surface area contributed by atoms with Crippen LogP contribution in [0.4, 0.5) is 0 Å². The molecule has 0 spiro atoms. The smallest absolute Gasteiger partial charge is 0.119 e. The van der Waals surface area contributed by atoms with Crippen molar-refractivity contribution in [1.29, 1.82) is 0 Å². The minimum Gasteiger partial charge on any atom is -0.497 e. The first-order valence-electron chi connectivity index (χ1n) is 8.52. The van der Waals surface area contributed by atoms with Gasteiger partial charge in [0.2, 0.25) is 0 Å². The van der Waals surface area contributed by atoms with Crippen molar-refractivity contribution in [3.8, 4) is 5.75 Å². The number of hydrogen-bond donors (Lipinski definition) is 1. The second kappa shape index (κ2) is 5.58. The fourth-order valence-electron chi connectivity index (χ4n) is 5.04. The van der Waals surface area contributed by atoms with Gasteiger partial charge >= 0.3 is 0 Å². The number of methoxy groups -OCH3 is 1. The highest BCUT2D eigenvalue weighted by molar-refractivity contribution is 5.84. The third-order valence-corrected chi connectivity index (χ3v) is 5.98. The second-order valence-corrected chi connectivity index (χ2v) is 7.05. The molecule has 2 saturated carbocycles. The first kappa shape index (κ1) is 14.1. The fraction of sp³-hybridized carbons (Fsp3) is 0.500. The van der Waals surface area contributed by atoms with Crippen molar-refractivity contribution in [2.24, 2.45) is 17.8 Å². The fourth-order valence-corrected chi connectivity index (χ4v) is 5.04. The summed E-state index contributed by atoms with van der Waals surface area (Å²) in [7, 11) is 3.82. The van der Waals surface area contributed by atoms with Crippen LogP contribution in [0.1, 0.15) is 30.7 Å². The van der Waals surface area contributed by atoms with Gasteiger partial charge in [-0.15, -0.1) is 0 Å². The van der Waals surface area contributed by atoms with Crippen LogP contribution in [0.15, 0.2) is 36.4 Å². The van der Waals surface area contributed by atoms with E-state index in [0.29, 0.717) is 0 Å². The molecule has 2 fully saturated rings. The molecule has 2 aromatic rings. The molecule has 0 amide bonds. The Morgan fingerprint density at radius 2 is 1.82 bits per heavy atom. The number of rotatable bonds is 4.